The van der Waals surface area contributed by atoms with Crippen LogP contribution in [0.5, 0.6) is 0 Å². The van der Waals surface area contributed by atoms with E-state index >= 15 is 0 Å². The molecule has 0 unspecified atom stereocenters. The maximum absolute atomic E-state index is 13.1. The number of rotatable bonds is 3. The van der Waals surface area contributed by atoms with E-state index in [1.807, 2.05) is 6.07 Å². The molecule has 1 N–H and O–H groups in total. The Balaban J connectivity index is 1.90. The molecule has 0 spiro atoms. The number of halogens is 2. The summed E-state index contributed by atoms with van der Waals surface area (Å²) in [6.07, 6.45) is 6.46. The molecule has 1 aliphatic carbocycles. The summed E-state index contributed by atoms with van der Waals surface area (Å²) in [5, 5.41) is 3.55. The molecular formula is C12H13ClFN. The fourth-order valence-corrected chi connectivity index (χ4v) is 1.81. The highest BCUT2D eigenvalue weighted by atomic mass is 35.5. The van der Waals surface area contributed by atoms with E-state index in [0.717, 1.165) is 18.4 Å². The lowest BCUT2D eigenvalue weighted by atomic mass is 10.2. The molecule has 0 amide bonds. The van der Waals surface area contributed by atoms with Crippen LogP contribution in [0.2, 0.25) is 5.02 Å². The Bertz CT molecular complexity index is 368. The van der Waals surface area contributed by atoms with Crippen LogP contribution in [-0.4, -0.2) is 6.04 Å². The van der Waals surface area contributed by atoms with Gasteiger partial charge in [0.05, 0.1) is 5.02 Å². The number of benzene rings is 1. The van der Waals surface area contributed by atoms with Crippen LogP contribution < -0.4 is 5.32 Å². The van der Waals surface area contributed by atoms with Crippen molar-refractivity contribution in [1.82, 2.24) is 5.32 Å². The van der Waals surface area contributed by atoms with Crippen LogP contribution in [-0.2, 0) is 6.54 Å². The van der Waals surface area contributed by atoms with Gasteiger partial charge in [-0.3, -0.25) is 0 Å². The predicted octanol–water partition coefficient (Wildman–Crippen LogP) is 3.29. The van der Waals surface area contributed by atoms with Crippen molar-refractivity contribution in [2.45, 2.75) is 25.4 Å². The van der Waals surface area contributed by atoms with Gasteiger partial charge in [-0.2, -0.15) is 0 Å². The third-order valence-electron chi connectivity index (χ3n) is 2.59. The fourth-order valence-electron chi connectivity index (χ4n) is 1.70. The minimum atomic E-state index is -0.347. The predicted molar refractivity (Wildman–Crippen MR) is 60.4 cm³/mol. The average Bonchev–Trinajstić information content (AvgIpc) is 2.73. The minimum Gasteiger partial charge on any atom is -0.309 e. The summed E-state index contributed by atoms with van der Waals surface area (Å²) >= 11 is 5.60. The maximum atomic E-state index is 13.1. The molecule has 0 fully saturated rings. The van der Waals surface area contributed by atoms with Gasteiger partial charge in [0.15, 0.2) is 0 Å². The zero-order valence-corrected chi connectivity index (χ0v) is 9.10. The lowest BCUT2D eigenvalue weighted by Crippen LogP contribution is -2.25. The summed E-state index contributed by atoms with van der Waals surface area (Å²) in [6, 6.07) is 5.43. The summed E-state index contributed by atoms with van der Waals surface area (Å²) in [5.41, 5.74) is 0.934. The highest BCUT2D eigenvalue weighted by Crippen LogP contribution is 2.16. The Morgan fingerprint density at radius 3 is 2.73 bits per heavy atom. The minimum absolute atomic E-state index is 0.182. The SMILES string of the molecule is Fc1cc(CNC2CC=CC2)ccc1Cl. The standard InChI is InChI=1S/C12H13ClFN/c13-11-6-5-9(7-12(11)14)8-15-10-3-1-2-4-10/h1-2,5-7,10,15H,3-4,8H2. The van der Waals surface area contributed by atoms with Crippen molar-refractivity contribution in [3.63, 3.8) is 0 Å². The molecule has 2 rings (SSSR count). The molecule has 1 nitrogen and oxygen atoms in total. The van der Waals surface area contributed by atoms with E-state index < -0.39 is 0 Å². The van der Waals surface area contributed by atoms with Gasteiger partial charge in [0, 0.05) is 12.6 Å². The topological polar surface area (TPSA) is 12.0 Å². The first kappa shape index (κ1) is 10.7. The first-order valence-electron chi connectivity index (χ1n) is 5.08. The Labute approximate surface area is 93.9 Å². The van der Waals surface area contributed by atoms with Crippen LogP contribution in [0, 0.1) is 5.82 Å². The van der Waals surface area contributed by atoms with Crippen LogP contribution in [0.15, 0.2) is 30.4 Å². The van der Waals surface area contributed by atoms with Crippen LogP contribution >= 0.6 is 11.6 Å². The molecule has 1 aliphatic rings. The van der Waals surface area contributed by atoms with E-state index in [0.29, 0.717) is 12.6 Å². The van der Waals surface area contributed by atoms with Gasteiger partial charge in [0.25, 0.3) is 0 Å². The molecule has 0 atom stereocenters. The zero-order chi connectivity index (χ0) is 10.7. The quantitative estimate of drug-likeness (QED) is 0.779. The molecule has 0 radical (unpaired) electrons. The Morgan fingerprint density at radius 2 is 2.07 bits per heavy atom. The number of nitrogens with one attached hydrogen (secondary N) is 1. The van der Waals surface area contributed by atoms with E-state index in [9.17, 15) is 4.39 Å². The summed E-state index contributed by atoms with van der Waals surface area (Å²) in [6.45, 7) is 0.695. The van der Waals surface area contributed by atoms with Crippen molar-refractivity contribution in [2.75, 3.05) is 0 Å². The van der Waals surface area contributed by atoms with Gasteiger partial charge in [-0.05, 0) is 30.5 Å². The molecule has 3 heteroatoms. The summed E-state index contributed by atoms with van der Waals surface area (Å²) in [5.74, 6) is -0.347. The van der Waals surface area contributed by atoms with Crippen molar-refractivity contribution >= 4 is 11.6 Å². The Hall–Kier alpha value is -0.860. The molecule has 0 saturated heterocycles. The van der Waals surface area contributed by atoms with Crippen molar-refractivity contribution in [3.05, 3.63) is 46.8 Å². The first-order chi connectivity index (χ1) is 7.25. The lowest BCUT2D eigenvalue weighted by molar-refractivity contribution is 0.536. The van der Waals surface area contributed by atoms with Gasteiger partial charge in [-0.25, -0.2) is 4.39 Å². The fraction of sp³-hybridized carbons (Fsp3) is 0.333. The Morgan fingerprint density at radius 1 is 1.33 bits per heavy atom. The lowest BCUT2D eigenvalue weighted by Gasteiger charge is -2.11. The van der Waals surface area contributed by atoms with Gasteiger partial charge in [0.1, 0.15) is 5.82 Å². The van der Waals surface area contributed by atoms with Gasteiger partial charge in [-0.15, -0.1) is 0 Å². The molecule has 0 aromatic heterocycles. The second-order valence-corrected chi connectivity index (χ2v) is 4.18. The van der Waals surface area contributed by atoms with Gasteiger partial charge < -0.3 is 5.32 Å². The largest absolute Gasteiger partial charge is 0.309 e. The summed E-state index contributed by atoms with van der Waals surface area (Å²) < 4.78 is 13.1. The summed E-state index contributed by atoms with van der Waals surface area (Å²) in [4.78, 5) is 0. The van der Waals surface area contributed by atoms with Crippen molar-refractivity contribution in [2.24, 2.45) is 0 Å². The molecule has 80 valence electrons. The van der Waals surface area contributed by atoms with Gasteiger partial charge in [0.2, 0.25) is 0 Å². The van der Waals surface area contributed by atoms with E-state index in [1.165, 1.54) is 6.07 Å². The monoisotopic (exact) mass is 225 g/mol. The van der Waals surface area contributed by atoms with E-state index in [2.05, 4.69) is 17.5 Å². The molecule has 0 aliphatic heterocycles. The maximum Gasteiger partial charge on any atom is 0.142 e. The third kappa shape index (κ3) is 2.80. The zero-order valence-electron chi connectivity index (χ0n) is 8.34. The van der Waals surface area contributed by atoms with Crippen molar-refractivity contribution in [1.29, 1.82) is 0 Å². The average molecular weight is 226 g/mol. The molecule has 15 heavy (non-hydrogen) atoms. The van der Waals surface area contributed by atoms with Crippen LogP contribution in [0.25, 0.3) is 0 Å². The Kier molecular flexibility index (Phi) is 3.39. The van der Waals surface area contributed by atoms with Crippen LogP contribution in [0.1, 0.15) is 18.4 Å². The first-order valence-corrected chi connectivity index (χ1v) is 5.46. The molecular weight excluding hydrogens is 213 g/mol. The molecule has 1 aromatic rings. The van der Waals surface area contributed by atoms with Gasteiger partial charge in [-0.1, -0.05) is 29.8 Å². The second-order valence-electron chi connectivity index (χ2n) is 3.77. The molecule has 0 bridgehead atoms. The second kappa shape index (κ2) is 4.77. The van der Waals surface area contributed by atoms with E-state index in [1.54, 1.807) is 6.07 Å². The van der Waals surface area contributed by atoms with Crippen molar-refractivity contribution in [3.8, 4) is 0 Å². The highest BCUT2D eigenvalue weighted by molar-refractivity contribution is 6.30. The normalized spacial score (nSPS) is 16.1. The highest BCUT2D eigenvalue weighted by Gasteiger charge is 2.09. The van der Waals surface area contributed by atoms with E-state index in [-0.39, 0.29) is 10.8 Å². The van der Waals surface area contributed by atoms with Gasteiger partial charge >= 0.3 is 0 Å². The molecule has 1 aromatic carbocycles. The molecule has 0 heterocycles. The van der Waals surface area contributed by atoms with Crippen LogP contribution in [0.4, 0.5) is 4.39 Å². The summed E-state index contributed by atoms with van der Waals surface area (Å²) in [7, 11) is 0. The number of hydrogen-bond acceptors (Lipinski definition) is 1. The smallest absolute Gasteiger partial charge is 0.142 e. The van der Waals surface area contributed by atoms with Crippen LogP contribution in [0.3, 0.4) is 0 Å². The van der Waals surface area contributed by atoms with Crippen molar-refractivity contribution < 1.29 is 4.39 Å². The molecule has 0 saturated carbocycles. The third-order valence-corrected chi connectivity index (χ3v) is 2.89. The number of hydrogen-bond donors (Lipinski definition) is 1. The van der Waals surface area contributed by atoms with E-state index in [4.69, 9.17) is 11.6 Å².